The first-order chi connectivity index (χ1) is 21.9. The van der Waals surface area contributed by atoms with Gasteiger partial charge in [0.2, 0.25) is 0 Å². The molecule has 8 aromatic carbocycles. The van der Waals surface area contributed by atoms with Crippen molar-refractivity contribution in [2.75, 3.05) is 0 Å². The summed E-state index contributed by atoms with van der Waals surface area (Å²) in [5.41, 5.74) is 8.45. The highest BCUT2D eigenvalue weighted by atomic mass is 15.0. The summed E-state index contributed by atoms with van der Waals surface area (Å²) in [4.78, 5) is 3.83. The molecule has 10 rings (SSSR count). The number of H-pyrrole nitrogens is 1. The molecule has 0 aliphatic heterocycles. The second kappa shape index (κ2) is 8.82. The van der Waals surface area contributed by atoms with Gasteiger partial charge in [0.25, 0.3) is 0 Å². The van der Waals surface area contributed by atoms with Crippen LogP contribution < -0.4 is 0 Å². The van der Waals surface area contributed by atoms with E-state index in [0.29, 0.717) is 0 Å². The summed E-state index contributed by atoms with van der Waals surface area (Å²) in [6, 6.07) is 55.2. The van der Waals surface area contributed by atoms with Crippen LogP contribution in [-0.4, -0.2) is 9.55 Å². The number of hydrogen-bond donors (Lipinski definition) is 1. The second-order valence-electron chi connectivity index (χ2n) is 11.8. The van der Waals surface area contributed by atoms with Gasteiger partial charge in [-0.05, 0) is 51.6 Å². The highest BCUT2D eigenvalue weighted by Gasteiger charge is 2.23. The number of nitrogens with one attached hydrogen (secondary N) is 1. The van der Waals surface area contributed by atoms with Crippen LogP contribution >= 0.6 is 0 Å². The molecule has 0 bridgehead atoms. The van der Waals surface area contributed by atoms with Gasteiger partial charge in [0.1, 0.15) is 0 Å². The van der Waals surface area contributed by atoms with E-state index in [1.807, 2.05) is 0 Å². The zero-order chi connectivity index (χ0) is 28.8. The van der Waals surface area contributed by atoms with Crippen molar-refractivity contribution in [2.45, 2.75) is 0 Å². The molecule has 204 valence electrons. The number of aromatic amines is 1. The van der Waals surface area contributed by atoms with Crippen LogP contribution in [-0.2, 0) is 0 Å². The Kier molecular flexibility index (Phi) is 4.75. The summed E-state index contributed by atoms with van der Waals surface area (Å²) in [7, 11) is 0. The predicted octanol–water partition coefficient (Wildman–Crippen LogP) is 11.5. The summed E-state index contributed by atoms with van der Waals surface area (Å²) in [5.74, 6) is 0. The Balaban J connectivity index is 1.47. The standard InChI is InChI=1S/C42H26N2/c1-2-12-26(13-3-1)27-22-24-28(25-23-27)44-36-21-11-9-19-34(36)39-40-37(30-15-5-7-17-32(30)42(39)44)29-14-4-6-16-31(29)41-38(40)33-18-8-10-20-35(33)43-41/h1-25,43H. The van der Waals surface area contributed by atoms with Crippen LogP contribution in [0.4, 0.5) is 0 Å². The highest BCUT2D eigenvalue weighted by molar-refractivity contribution is 6.45. The molecular weight excluding hydrogens is 532 g/mol. The third-order valence-corrected chi connectivity index (χ3v) is 9.48. The lowest BCUT2D eigenvalue weighted by atomic mass is 9.89. The van der Waals surface area contributed by atoms with Crippen LogP contribution in [0.2, 0.25) is 0 Å². The van der Waals surface area contributed by atoms with Gasteiger partial charge in [0.05, 0.1) is 16.6 Å². The molecule has 0 saturated carbocycles. The van der Waals surface area contributed by atoms with Crippen molar-refractivity contribution in [1.82, 2.24) is 9.55 Å². The third kappa shape index (κ3) is 3.09. The molecule has 0 radical (unpaired) electrons. The van der Waals surface area contributed by atoms with Crippen molar-refractivity contribution >= 4 is 75.9 Å². The lowest BCUT2D eigenvalue weighted by Crippen LogP contribution is -1.95. The number of rotatable bonds is 2. The van der Waals surface area contributed by atoms with Crippen LogP contribution in [0.15, 0.2) is 152 Å². The van der Waals surface area contributed by atoms with E-state index in [1.165, 1.54) is 87.1 Å². The van der Waals surface area contributed by atoms with Gasteiger partial charge in [-0.2, -0.15) is 0 Å². The lowest BCUT2D eigenvalue weighted by molar-refractivity contribution is 1.19. The van der Waals surface area contributed by atoms with Crippen molar-refractivity contribution in [3.63, 3.8) is 0 Å². The van der Waals surface area contributed by atoms with E-state index in [-0.39, 0.29) is 0 Å². The Morgan fingerprint density at radius 2 is 0.932 bits per heavy atom. The molecule has 0 aliphatic carbocycles. The number of fused-ring (bicyclic) bond motifs is 15. The number of hydrogen-bond acceptors (Lipinski definition) is 0. The fraction of sp³-hybridized carbons (Fsp3) is 0. The monoisotopic (exact) mass is 558 g/mol. The molecule has 2 heterocycles. The van der Waals surface area contributed by atoms with Crippen LogP contribution in [0.3, 0.4) is 0 Å². The van der Waals surface area contributed by atoms with Gasteiger partial charge >= 0.3 is 0 Å². The maximum absolute atomic E-state index is 3.83. The minimum atomic E-state index is 1.16. The zero-order valence-corrected chi connectivity index (χ0v) is 23.9. The fourth-order valence-corrected chi connectivity index (χ4v) is 7.67. The van der Waals surface area contributed by atoms with Crippen molar-refractivity contribution < 1.29 is 0 Å². The van der Waals surface area contributed by atoms with Gasteiger partial charge in [-0.25, -0.2) is 0 Å². The number of aromatic nitrogens is 2. The Morgan fingerprint density at radius 1 is 0.364 bits per heavy atom. The van der Waals surface area contributed by atoms with Gasteiger partial charge in [-0.15, -0.1) is 0 Å². The maximum Gasteiger partial charge on any atom is 0.0626 e. The SMILES string of the molecule is c1ccc(-c2ccc(-n3c4ccccc4c4c5c(c6ccccc6c6[nH]c7ccccc7c65)c5ccccc5c43)cc2)cc1. The van der Waals surface area contributed by atoms with E-state index < -0.39 is 0 Å². The second-order valence-corrected chi connectivity index (χ2v) is 11.8. The number of para-hydroxylation sites is 2. The first-order valence-corrected chi connectivity index (χ1v) is 15.2. The van der Waals surface area contributed by atoms with Crippen molar-refractivity contribution in [1.29, 1.82) is 0 Å². The van der Waals surface area contributed by atoms with Gasteiger partial charge in [0, 0.05) is 48.9 Å². The van der Waals surface area contributed by atoms with Crippen molar-refractivity contribution in [3.05, 3.63) is 152 Å². The molecule has 0 amide bonds. The minimum Gasteiger partial charge on any atom is -0.354 e. The molecule has 0 aliphatic rings. The van der Waals surface area contributed by atoms with Crippen molar-refractivity contribution in [3.8, 4) is 16.8 Å². The summed E-state index contributed by atoms with van der Waals surface area (Å²) < 4.78 is 2.48. The Hall–Kier alpha value is -5.86. The molecule has 44 heavy (non-hydrogen) atoms. The van der Waals surface area contributed by atoms with Gasteiger partial charge in [0.15, 0.2) is 0 Å². The van der Waals surface area contributed by atoms with E-state index >= 15 is 0 Å². The molecule has 2 aromatic heterocycles. The topological polar surface area (TPSA) is 20.7 Å². The molecule has 0 spiro atoms. The van der Waals surface area contributed by atoms with Crippen LogP contribution in [0, 0.1) is 0 Å². The first-order valence-electron chi connectivity index (χ1n) is 15.2. The quantitative estimate of drug-likeness (QED) is 0.204. The van der Waals surface area contributed by atoms with Gasteiger partial charge < -0.3 is 9.55 Å². The van der Waals surface area contributed by atoms with Gasteiger partial charge in [-0.3, -0.25) is 0 Å². The average Bonchev–Trinajstić information content (AvgIpc) is 3.66. The lowest BCUT2D eigenvalue weighted by Gasteiger charge is -2.15. The van der Waals surface area contributed by atoms with E-state index in [1.54, 1.807) is 0 Å². The summed E-state index contributed by atoms with van der Waals surface area (Å²) in [6.07, 6.45) is 0. The fourth-order valence-electron chi connectivity index (χ4n) is 7.67. The number of nitrogens with zero attached hydrogens (tertiary/aromatic N) is 1. The summed E-state index contributed by atoms with van der Waals surface area (Å²) in [6.45, 7) is 0. The van der Waals surface area contributed by atoms with E-state index in [2.05, 4.69) is 161 Å². The molecule has 0 fully saturated rings. The third-order valence-electron chi connectivity index (χ3n) is 9.48. The molecule has 0 unspecified atom stereocenters. The predicted molar refractivity (Wildman–Crippen MR) is 188 cm³/mol. The highest BCUT2D eigenvalue weighted by Crippen LogP contribution is 2.49. The summed E-state index contributed by atoms with van der Waals surface area (Å²) >= 11 is 0. The van der Waals surface area contributed by atoms with E-state index in [4.69, 9.17) is 0 Å². The minimum absolute atomic E-state index is 1.16. The van der Waals surface area contributed by atoms with Crippen molar-refractivity contribution in [2.24, 2.45) is 0 Å². The Bertz CT molecular complexity index is 2740. The normalized spacial score (nSPS) is 12.1. The van der Waals surface area contributed by atoms with Crippen LogP contribution in [0.25, 0.3) is 92.7 Å². The van der Waals surface area contributed by atoms with Crippen LogP contribution in [0.1, 0.15) is 0 Å². The molecule has 1 N–H and O–H groups in total. The van der Waals surface area contributed by atoms with E-state index in [9.17, 15) is 0 Å². The average molecular weight is 559 g/mol. The summed E-state index contributed by atoms with van der Waals surface area (Å²) in [5, 5.41) is 12.9. The molecule has 2 heteroatoms. The maximum atomic E-state index is 3.83. The molecular formula is C42H26N2. The Morgan fingerprint density at radius 3 is 1.70 bits per heavy atom. The molecule has 2 nitrogen and oxygen atoms in total. The molecule has 0 saturated heterocycles. The van der Waals surface area contributed by atoms with E-state index in [0.717, 1.165) is 5.69 Å². The largest absolute Gasteiger partial charge is 0.354 e. The Labute approximate surface area is 253 Å². The molecule has 0 atom stereocenters. The van der Waals surface area contributed by atoms with Crippen LogP contribution in [0.5, 0.6) is 0 Å². The molecule has 10 aromatic rings. The number of benzene rings is 8. The smallest absolute Gasteiger partial charge is 0.0626 e. The zero-order valence-electron chi connectivity index (χ0n) is 23.9. The first kappa shape index (κ1) is 23.7. The van der Waals surface area contributed by atoms with Gasteiger partial charge in [-0.1, -0.05) is 127 Å².